The topological polar surface area (TPSA) is 96.5 Å². The quantitative estimate of drug-likeness (QED) is 0.684. The summed E-state index contributed by atoms with van der Waals surface area (Å²) < 4.78 is 5.41. The molecule has 0 saturated heterocycles. The first kappa shape index (κ1) is 18.4. The van der Waals surface area contributed by atoms with Gasteiger partial charge in [-0.25, -0.2) is 0 Å². The molecule has 3 rings (SSSR count). The molecule has 1 aliphatic carbocycles. The largest absolute Gasteiger partial charge is 0.493 e. The number of nitrogens with one attached hydrogen (secondary N) is 3. The van der Waals surface area contributed by atoms with Gasteiger partial charge in [-0.3, -0.25) is 25.2 Å². The summed E-state index contributed by atoms with van der Waals surface area (Å²) in [5.41, 5.74) is 6.08. The lowest BCUT2D eigenvalue weighted by Gasteiger charge is -2.11. The fourth-order valence-corrected chi connectivity index (χ4v) is 2.48. The molecule has 1 saturated carbocycles. The molecule has 27 heavy (non-hydrogen) atoms. The number of para-hydroxylation sites is 1. The minimum Gasteiger partial charge on any atom is -0.493 e. The molecule has 1 aliphatic rings. The van der Waals surface area contributed by atoms with Crippen LogP contribution in [0.1, 0.15) is 40.5 Å². The van der Waals surface area contributed by atoms with E-state index < -0.39 is 11.8 Å². The molecule has 7 nitrogen and oxygen atoms in total. The Balaban J connectivity index is 1.55. The molecule has 0 bridgehead atoms. The summed E-state index contributed by atoms with van der Waals surface area (Å²) in [6.07, 6.45) is 1.86. The van der Waals surface area contributed by atoms with E-state index in [1.165, 1.54) is 0 Å². The van der Waals surface area contributed by atoms with Crippen LogP contribution in [0.4, 0.5) is 5.69 Å². The highest BCUT2D eigenvalue weighted by molar-refractivity contribution is 6.01. The van der Waals surface area contributed by atoms with Crippen LogP contribution in [-0.2, 0) is 4.79 Å². The third kappa shape index (κ3) is 4.84. The number of rotatable bonds is 6. The minimum atomic E-state index is -0.472. The van der Waals surface area contributed by atoms with Gasteiger partial charge in [-0.1, -0.05) is 12.1 Å². The number of anilines is 1. The number of hydrogen-bond donors (Lipinski definition) is 3. The normalized spacial score (nSPS) is 12.8. The lowest BCUT2D eigenvalue weighted by atomic mass is 10.2. The minimum absolute atomic E-state index is 0.00688. The van der Waals surface area contributed by atoms with Crippen molar-refractivity contribution in [2.24, 2.45) is 5.92 Å². The third-order valence-corrected chi connectivity index (χ3v) is 4.08. The summed E-state index contributed by atoms with van der Waals surface area (Å²) in [7, 11) is 0. The number of carbonyl (C=O) groups excluding carboxylic acids is 3. The Morgan fingerprint density at radius 3 is 2.30 bits per heavy atom. The van der Waals surface area contributed by atoms with E-state index in [1.807, 2.05) is 6.92 Å². The first-order valence-corrected chi connectivity index (χ1v) is 8.82. The monoisotopic (exact) mass is 367 g/mol. The Kier molecular flexibility index (Phi) is 5.71. The van der Waals surface area contributed by atoms with Gasteiger partial charge in [0.25, 0.3) is 11.8 Å². The van der Waals surface area contributed by atoms with Crippen molar-refractivity contribution in [3.05, 3.63) is 59.7 Å². The van der Waals surface area contributed by atoms with E-state index in [0.717, 1.165) is 12.8 Å². The second-order valence-electron chi connectivity index (χ2n) is 6.18. The summed E-state index contributed by atoms with van der Waals surface area (Å²) in [6, 6.07) is 13.3. The van der Waals surface area contributed by atoms with Crippen LogP contribution in [0.2, 0.25) is 0 Å². The Bertz CT molecular complexity index is 845. The predicted octanol–water partition coefficient (Wildman–Crippen LogP) is 2.51. The van der Waals surface area contributed by atoms with Gasteiger partial charge in [0, 0.05) is 17.2 Å². The highest BCUT2D eigenvalue weighted by Crippen LogP contribution is 2.30. The fraction of sp³-hybridized carbons (Fsp3) is 0.250. The van der Waals surface area contributed by atoms with Crippen molar-refractivity contribution in [2.45, 2.75) is 19.8 Å². The molecule has 0 spiro atoms. The van der Waals surface area contributed by atoms with Crippen LogP contribution in [0.25, 0.3) is 0 Å². The van der Waals surface area contributed by atoms with Crippen molar-refractivity contribution in [3.63, 3.8) is 0 Å². The van der Waals surface area contributed by atoms with Crippen LogP contribution >= 0.6 is 0 Å². The molecule has 0 unspecified atom stereocenters. The SMILES string of the molecule is CCOc1ccccc1C(=O)NNC(=O)c1ccc(NC(=O)C2CC2)cc1. The summed E-state index contributed by atoms with van der Waals surface area (Å²) >= 11 is 0. The molecule has 2 aromatic rings. The van der Waals surface area contributed by atoms with Gasteiger partial charge >= 0.3 is 0 Å². The van der Waals surface area contributed by atoms with Crippen LogP contribution < -0.4 is 20.9 Å². The van der Waals surface area contributed by atoms with Crippen molar-refractivity contribution in [3.8, 4) is 5.75 Å². The molecule has 1 fully saturated rings. The van der Waals surface area contributed by atoms with Crippen LogP contribution in [0.5, 0.6) is 5.75 Å². The van der Waals surface area contributed by atoms with E-state index in [2.05, 4.69) is 16.2 Å². The first-order chi connectivity index (χ1) is 13.1. The van der Waals surface area contributed by atoms with Crippen molar-refractivity contribution < 1.29 is 19.1 Å². The van der Waals surface area contributed by atoms with Gasteiger partial charge in [-0.2, -0.15) is 0 Å². The Morgan fingerprint density at radius 2 is 1.63 bits per heavy atom. The molecule has 0 heterocycles. The molecule has 3 amide bonds. The zero-order valence-corrected chi connectivity index (χ0v) is 15.0. The predicted molar refractivity (Wildman–Crippen MR) is 100 cm³/mol. The number of carbonyl (C=O) groups is 3. The van der Waals surface area contributed by atoms with Crippen molar-refractivity contribution in [2.75, 3.05) is 11.9 Å². The van der Waals surface area contributed by atoms with Gasteiger partial charge in [0.2, 0.25) is 5.91 Å². The maximum atomic E-state index is 12.3. The molecule has 0 radical (unpaired) electrons. The van der Waals surface area contributed by atoms with Crippen molar-refractivity contribution in [1.82, 2.24) is 10.9 Å². The van der Waals surface area contributed by atoms with Crippen LogP contribution in [0.3, 0.4) is 0 Å². The van der Waals surface area contributed by atoms with Gasteiger partial charge in [-0.05, 0) is 56.2 Å². The van der Waals surface area contributed by atoms with Gasteiger partial charge in [0.05, 0.1) is 12.2 Å². The van der Waals surface area contributed by atoms with E-state index in [0.29, 0.717) is 29.2 Å². The lowest BCUT2D eigenvalue weighted by molar-refractivity contribution is -0.117. The molecule has 0 aliphatic heterocycles. The number of amides is 3. The van der Waals surface area contributed by atoms with Gasteiger partial charge in [0.15, 0.2) is 0 Å². The highest BCUT2D eigenvalue weighted by atomic mass is 16.5. The molecule has 0 atom stereocenters. The number of hydrogen-bond acceptors (Lipinski definition) is 4. The number of benzene rings is 2. The van der Waals surface area contributed by atoms with E-state index in [9.17, 15) is 14.4 Å². The standard InChI is InChI=1S/C20H21N3O4/c1-2-27-17-6-4-3-5-16(17)20(26)23-22-19(25)14-9-11-15(12-10-14)21-18(24)13-7-8-13/h3-6,9-13H,2,7-8H2,1H3,(H,21,24)(H,22,25)(H,23,26). The molecule has 3 N–H and O–H groups in total. The number of ether oxygens (including phenoxy) is 1. The van der Waals surface area contributed by atoms with Gasteiger partial charge < -0.3 is 10.1 Å². The maximum Gasteiger partial charge on any atom is 0.273 e. The molecular formula is C20H21N3O4. The summed E-state index contributed by atoms with van der Waals surface area (Å²) in [5, 5.41) is 2.81. The summed E-state index contributed by atoms with van der Waals surface area (Å²) in [4.78, 5) is 36.2. The van der Waals surface area contributed by atoms with Crippen molar-refractivity contribution in [1.29, 1.82) is 0 Å². The van der Waals surface area contributed by atoms with E-state index in [-0.39, 0.29) is 11.8 Å². The van der Waals surface area contributed by atoms with Gasteiger partial charge in [0.1, 0.15) is 5.75 Å². The lowest BCUT2D eigenvalue weighted by Crippen LogP contribution is -2.41. The fourth-order valence-electron chi connectivity index (χ4n) is 2.48. The molecule has 2 aromatic carbocycles. The zero-order chi connectivity index (χ0) is 19.2. The Morgan fingerprint density at radius 1 is 0.963 bits per heavy atom. The second kappa shape index (κ2) is 8.35. The smallest absolute Gasteiger partial charge is 0.273 e. The number of hydrazine groups is 1. The van der Waals surface area contributed by atoms with Crippen LogP contribution in [0, 0.1) is 5.92 Å². The van der Waals surface area contributed by atoms with E-state index in [4.69, 9.17) is 4.74 Å². The molecular weight excluding hydrogens is 346 g/mol. The highest BCUT2D eigenvalue weighted by Gasteiger charge is 2.29. The average Bonchev–Trinajstić information content (AvgIpc) is 3.52. The van der Waals surface area contributed by atoms with Gasteiger partial charge in [-0.15, -0.1) is 0 Å². The van der Waals surface area contributed by atoms with Crippen molar-refractivity contribution >= 4 is 23.4 Å². The molecule has 0 aromatic heterocycles. The van der Waals surface area contributed by atoms with Crippen LogP contribution in [-0.4, -0.2) is 24.3 Å². The zero-order valence-electron chi connectivity index (χ0n) is 15.0. The maximum absolute atomic E-state index is 12.3. The Hall–Kier alpha value is -3.35. The molecule has 140 valence electrons. The van der Waals surface area contributed by atoms with E-state index in [1.54, 1.807) is 48.5 Å². The summed E-state index contributed by atoms with van der Waals surface area (Å²) in [5.74, 6) is -0.365. The first-order valence-electron chi connectivity index (χ1n) is 8.82. The van der Waals surface area contributed by atoms with Crippen LogP contribution in [0.15, 0.2) is 48.5 Å². The van der Waals surface area contributed by atoms with E-state index >= 15 is 0 Å². The molecule has 7 heteroatoms. The third-order valence-electron chi connectivity index (χ3n) is 4.08. The Labute approximate surface area is 157 Å². The second-order valence-corrected chi connectivity index (χ2v) is 6.18. The summed E-state index contributed by atoms with van der Waals surface area (Å²) in [6.45, 7) is 2.26. The average molecular weight is 367 g/mol.